The first-order chi connectivity index (χ1) is 6.00. The molecule has 0 bridgehead atoms. The first-order valence-corrected chi connectivity index (χ1v) is 2.62. The van der Waals surface area contributed by atoms with Crippen LogP contribution in [0.5, 0.6) is 0 Å². The van der Waals surface area contributed by atoms with Crippen LogP contribution in [0.15, 0.2) is 0 Å². The van der Waals surface area contributed by atoms with Gasteiger partial charge in [0.1, 0.15) is 0 Å². The minimum atomic E-state index is -6.00. The van der Waals surface area contributed by atoms with E-state index in [1.807, 2.05) is 0 Å². The van der Waals surface area contributed by atoms with Crippen molar-refractivity contribution in [2.45, 2.75) is 0 Å². The summed E-state index contributed by atoms with van der Waals surface area (Å²) in [5.74, 6) is 0. The molecule has 0 radical (unpaired) electrons. The Hall–Kier alpha value is 0.355. The molecule has 0 saturated heterocycles. The van der Waals surface area contributed by atoms with Gasteiger partial charge in [0.2, 0.25) is 0 Å². The summed E-state index contributed by atoms with van der Waals surface area (Å²) in [6, 6.07) is 0. The molecule has 0 aliphatic rings. The summed E-state index contributed by atoms with van der Waals surface area (Å²) in [5.41, 5.74) is 0. The number of rotatable bonds is 0. The molecule has 0 amide bonds. The van der Waals surface area contributed by atoms with Crippen LogP contribution in [0.25, 0.3) is 0 Å². The van der Waals surface area contributed by atoms with Gasteiger partial charge in [0, 0.05) is 0 Å². The molecule has 0 aliphatic carbocycles. The van der Waals surface area contributed by atoms with Crippen LogP contribution in [0.3, 0.4) is 0 Å². The van der Waals surface area contributed by atoms with Crippen LogP contribution in [-0.4, -0.2) is 21.8 Å². The summed E-state index contributed by atoms with van der Waals surface area (Å²) in [6.07, 6.45) is 0. The maximum absolute atomic E-state index is 9.75. The van der Waals surface area contributed by atoms with E-state index in [4.69, 9.17) is 0 Å². The van der Waals surface area contributed by atoms with Gasteiger partial charge in [0.25, 0.3) is 0 Å². The van der Waals surface area contributed by atoms with Gasteiger partial charge in [0.15, 0.2) is 0 Å². The van der Waals surface area contributed by atoms with Crippen LogP contribution in [-0.2, 0) is 0 Å². The van der Waals surface area contributed by atoms with E-state index in [0.717, 1.165) is 0 Å². The Morgan fingerprint density at radius 2 is 0.375 bits per heavy atom. The predicted octanol–water partition coefficient (Wildman–Crippen LogP) is 1.02. The van der Waals surface area contributed by atoms with Gasteiger partial charge >= 0.3 is 51.3 Å². The monoisotopic (exact) mass is 285 g/mol. The van der Waals surface area contributed by atoms with Gasteiger partial charge < -0.3 is 53.2 Å². The third kappa shape index (κ3) is 20300. The summed E-state index contributed by atoms with van der Waals surface area (Å²) < 4.78 is 117. The van der Waals surface area contributed by atoms with Crippen molar-refractivity contribution in [1.29, 1.82) is 0 Å². The first kappa shape index (κ1) is 25.3. The van der Waals surface area contributed by atoms with E-state index in [1.165, 1.54) is 0 Å². The number of hydrogen-bond donors (Lipinski definition) is 0. The standard InChI is InChI=1S/3BF4.Na.H/c3*2-1(3,4)5;;/q3*-1;+1;-1. The molecule has 0 aliphatic heterocycles. The SMILES string of the molecule is F[B-](F)(F)F.F[B-](F)(F)F.F[B-](F)(F)F.[H-].[Na+]. The van der Waals surface area contributed by atoms with E-state index in [0.29, 0.717) is 0 Å². The van der Waals surface area contributed by atoms with Crippen molar-refractivity contribution in [2.24, 2.45) is 0 Å². The Bertz CT molecular complexity index is 96.8. The molecule has 0 aromatic rings. The van der Waals surface area contributed by atoms with E-state index in [2.05, 4.69) is 0 Å². The Balaban J connectivity index is -0.0000000400. The van der Waals surface area contributed by atoms with Crippen LogP contribution in [0.2, 0.25) is 0 Å². The third-order valence-corrected chi connectivity index (χ3v) is 0. The van der Waals surface area contributed by atoms with Gasteiger partial charge in [-0.3, -0.25) is 0 Å². The smallest absolute Gasteiger partial charge is 1.00 e. The average Bonchev–Trinajstić information content (AvgIpc) is 1.41. The summed E-state index contributed by atoms with van der Waals surface area (Å²) >= 11 is 0. The Morgan fingerprint density at radius 1 is 0.375 bits per heavy atom. The molecular formula is HB3F12Na-3. The Morgan fingerprint density at radius 3 is 0.375 bits per heavy atom. The molecule has 0 fully saturated rings. The molecule has 0 rings (SSSR count). The maximum Gasteiger partial charge on any atom is 1.00 e. The second-order valence-corrected chi connectivity index (χ2v) is 1.48. The summed E-state index contributed by atoms with van der Waals surface area (Å²) in [5, 5.41) is 0. The third-order valence-electron chi connectivity index (χ3n) is 0. The molecule has 16 heavy (non-hydrogen) atoms. The maximum atomic E-state index is 9.75. The molecule has 0 N–H and O–H groups in total. The van der Waals surface area contributed by atoms with E-state index >= 15 is 0 Å². The quantitative estimate of drug-likeness (QED) is 0.460. The fraction of sp³-hybridized carbons (Fsp3) is 0. The fourth-order valence-electron chi connectivity index (χ4n) is 0. The number of halogens is 12. The topological polar surface area (TPSA) is 0 Å². The normalized spacial score (nSPS) is 11.2. The fourth-order valence-corrected chi connectivity index (χ4v) is 0. The van der Waals surface area contributed by atoms with Crippen LogP contribution in [0, 0.1) is 0 Å². The summed E-state index contributed by atoms with van der Waals surface area (Å²) in [6.45, 7) is 0. The van der Waals surface area contributed by atoms with Gasteiger partial charge in [-0.15, -0.1) is 0 Å². The molecule has 0 nitrogen and oxygen atoms in total. The molecule has 16 heteroatoms. The van der Waals surface area contributed by atoms with Crippen LogP contribution in [0.4, 0.5) is 51.8 Å². The molecule has 0 atom stereocenters. The second kappa shape index (κ2) is 9.39. The van der Waals surface area contributed by atoms with Crippen molar-refractivity contribution in [1.82, 2.24) is 0 Å². The van der Waals surface area contributed by atoms with Crippen molar-refractivity contribution in [3.05, 3.63) is 0 Å². The van der Waals surface area contributed by atoms with Gasteiger partial charge in [0.05, 0.1) is 0 Å². The molecule has 98 valence electrons. The first-order valence-electron chi connectivity index (χ1n) is 2.62. The van der Waals surface area contributed by atoms with Crippen molar-refractivity contribution < 1.29 is 82.8 Å². The Labute approximate surface area is 105 Å². The van der Waals surface area contributed by atoms with E-state index in [9.17, 15) is 51.8 Å². The minimum Gasteiger partial charge on any atom is -1.00 e. The summed E-state index contributed by atoms with van der Waals surface area (Å²) in [4.78, 5) is 0. The molecule has 0 aromatic heterocycles. The van der Waals surface area contributed by atoms with Gasteiger partial charge in [-0.25, -0.2) is 0 Å². The zero-order chi connectivity index (χ0) is 13.5. The number of hydrogen-bond acceptors (Lipinski definition) is 0. The summed E-state index contributed by atoms with van der Waals surface area (Å²) in [7, 11) is -18.0. The van der Waals surface area contributed by atoms with Gasteiger partial charge in [-0.1, -0.05) is 0 Å². The predicted molar refractivity (Wildman–Crippen MR) is 31.7 cm³/mol. The van der Waals surface area contributed by atoms with Crippen molar-refractivity contribution in [3.8, 4) is 0 Å². The van der Waals surface area contributed by atoms with Crippen LogP contribution < -0.4 is 29.6 Å². The average molecular weight is 284 g/mol. The van der Waals surface area contributed by atoms with Gasteiger partial charge in [-0.05, 0) is 0 Å². The van der Waals surface area contributed by atoms with Crippen molar-refractivity contribution in [2.75, 3.05) is 0 Å². The minimum absolute atomic E-state index is 0. The van der Waals surface area contributed by atoms with E-state index in [-0.39, 0.29) is 31.0 Å². The molecule has 0 heterocycles. The van der Waals surface area contributed by atoms with E-state index in [1.54, 1.807) is 0 Å². The van der Waals surface area contributed by atoms with E-state index < -0.39 is 21.8 Å². The molecular weight excluding hydrogens is 283 g/mol. The zero-order valence-electron chi connectivity index (χ0n) is 8.27. The Kier molecular flexibility index (Phi) is 14.8. The van der Waals surface area contributed by atoms with Crippen molar-refractivity contribution >= 4 is 21.8 Å². The largest absolute Gasteiger partial charge is 1.00 e. The second-order valence-electron chi connectivity index (χ2n) is 1.48. The molecule has 0 unspecified atom stereocenters. The van der Waals surface area contributed by atoms with Gasteiger partial charge in [-0.2, -0.15) is 0 Å². The van der Waals surface area contributed by atoms with Crippen LogP contribution >= 0.6 is 0 Å². The zero-order valence-corrected chi connectivity index (χ0v) is 9.27. The molecule has 0 spiro atoms. The molecule has 0 aromatic carbocycles. The molecule has 0 saturated carbocycles. The van der Waals surface area contributed by atoms with Crippen LogP contribution in [0.1, 0.15) is 1.43 Å². The van der Waals surface area contributed by atoms with Crippen molar-refractivity contribution in [3.63, 3.8) is 0 Å².